The van der Waals surface area contributed by atoms with Gasteiger partial charge in [0.1, 0.15) is 29.7 Å². The van der Waals surface area contributed by atoms with E-state index in [0.717, 1.165) is 46.1 Å². The van der Waals surface area contributed by atoms with Crippen molar-refractivity contribution in [2.45, 2.75) is 25.3 Å². The molecule has 0 spiro atoms. The van der Waals surface area contributed by atoms with Crippen LogP contribution in [0.4, 0.5) is 32.2 Å². The zero-order valence-corrected chi connectivity index (χ0v) is 21.7. The number of carbonyl (C=O) groups is 2. The number of carbonyl (C=O) groups excluding carboxylic acids is 2. The molecule has 2 aromatic carbocycles. The lowest BCUT2D eigenvalue weighted by Crippen LogP contribution is -2.42. The summed E-state index contributed by atoms with van der Waals surface area (Å²) in [6, 6.07) is 4.60. The van der Waals surface area contributed by atoms with E-state index < -0.39 is 64.3 Å². The molecule has 41 heavy (non-hydrogen) atoms. The molecule has 0 unspecified atom stereocenters. The minimum Gasteiger partial charge on any atom is -0.382 e. The Morgan fingerprint density at radius 1 is 1.10 bits per heavy atom. The number of amides is 2. The van der Waals surface area contributed by atoms with Crippen LogP contribution in [0.3, 0.4) is 0 Å². The lowest BCUT2D eigenvalue weighted by atomic mass is 10.0. The number of nitrogens with two attached hydrogens (primary N) is 1. The summed E-state index contributed by atoms with van der Waals surface area (Å²) in [5.41, 5.74) is 3.06. The molecule has 1 saturated heterocycles. The van der Waals surface area contributed by atoms with Gasteiger partial charge in [-0.15, -0.1) is 0 Å². The molecule has 5 rings (SSSR count). The van der Waals surface area contributed by atoms with Gasteiger partial charge < -0.3 is 16.0 Å². The zero-order valence-electron chi connectivity index (χ0n) is 20.9. The van der Waals surface area contributed by atoms with E-state index in [0.29, 0.717) is 6.07 Å². The molecule has 214 valence electrons. The highest BCUT2D eigenvalue weighted by Crippen LogP contribution is 2.39. The average molecular weight is 597 g/mol. The summed E-state index contributed by atoms with van der Waals surface area (Å²) in [4.78, 5) is 30.7. The summed E-state index contributed by atoms with van der Waals surface area (Å²) < 4.78 is 85.3. The predicted octanol–water partition coefficient (Wildman–Crippen LogP) is 4.83. The van der Waals surface area contributed by atoms with Gasteiger partial charge in [0, 0.05) is 17.7 Å². The second kappa shape index (κ2) is 10.3. The maximum atomic E-state index is 15.1. The van der Waals surface area contributed by atoms with E-state index in [4.69, 9.17) is 17.3 Å². The maximum Gasteiger partial charge on any atom is 0.418 e. The molecule has 2 amide bonds. The third kappa shape index (κ3) is 5.14. The number of halogens is 7. The van der Waals surface area contributed by atoms with Gasteiger partial charge in [0.25, 0.3) is 11.8 Å². The fourth-order valence-electron chi connectivity index (χ4n) is 4.73. The third-order valence-electron chi connectivity index (χ3n) is 6.74. The summed E-state index contributed by atoms with van der Waals surface area (Å²) in [6.45, 7) is 0.761. The Morgan fingerprint density at radius 3 is 2.51 bits per heavy atom. The molecule has 2 aromatic heterocycles. The normalized spacial score (nSPS) is 17.3. The van der Waals surface area contributed by atoms with Crippen LogP contribution in [0.2, 0.25) is 5.02 Å². The molecule has 1 aliphatic rings. The largest absolute Gasteiger partial charge is 0.418 e. The molecule has 4 aromatic rings. The fourth-order valence-corrected chi connectivity index (χ4v) is 4.98. The number of nitrogens with one attached hydrogen (secondary N) is 1. The van der Waals surface area contributed by atoms with Crippen LogP contribution in [-0.4, -0.2) is 56.6 Å². The molecular weight excluding hydrogens is 578 g/mol. The first-order chi connectivity index (χ1) is 19.3. The number of anilines is 1. The van der Waals surface area contributed by atoms with E-state index in [2.05, 4.69) is 15.4 Å². The second-order valence-electron chi connectivity index (χ2n) is 9.42. The van der Waals surface area contributed by atoms with Gasteiger partial charge in [0.05, 0.1) is 34.4 Å². The van der Waals surface area contributed by atoms with Gasteiger partial charge in [-0.1, -0.05) is 11.6 Å². The van der Waals surface area contributed by atoms with Crippen LogP contribution in [0.15, 0.2) is 42.7 Å². The Bertz CT molecular complexity index is 1710. The number of alkyl halides is 4. The summed E-state index contributed by atoms with van der Waals surface area (Å²) in [7, 11) is 0. The van der Waals surface area contributed by atoms with Gasteiger partial charge in [0.15, 0.2) is 5.82 Å². The zero-order chi connectivity index (χ0) is 29.8. The van der Waals surface area contributed by atoms with Crippen molar-refractivity contribution in [1.29, 1.82) is 0 Å². The minimum atomic E-state index is -4.87. The fraction of sp³-hybridized carbons (Fsp3) is 0.231. The summed E-state index contributed by atoms with van der Waals surface area (Å²) in [5.74, 6) is -3.61. The second-order valence-corrected chi connectivity index (χ2v) is 9.83. The summed E-state index contributed by atoms with van der Waals surface area (Å²) in [6.07, 6.45) is -5.66. The van der Waals surface area contributed by atoms with Gasteiger partial charge in [0.2, 0.25) is 0 Å². The van der Waals surface area contributed by atoms with Crippen LogP contribution < -0.4 is 11.1 Å². The van der Waals surface area contributed by atoms with Crippen molar-refractivity contribution in [1.82, 2.24) is 24.8 Å². The molecule has 0 aliphatic carbocycles. The van der Waals surface area contributed by atoms with Crippen molar-refractivity contribution in [3.63, 3.8) is 0 Å². The van der Waals surface area contributed by atoms with Crippen LogP contribution in [0, 0.1) is 18.6 Å². The molecule has 1 aliphatic heterocycles. The van der Waals surface area contributed by atoms with Crippen molar-refractivity contribution in [2.24, 2.45) is 0 Å². The maximum absolute atomic E-state index is 15.1. The van der Waals surface area contributed by atoms with Crippen LogP contribution in [-0.2, 0) is 6.18 Å². The third-order valence-corrected chi connectivity index (χ3v) is 7.05. The number of likely N-dealkylation sites (tertiary alicyclic amines) is 1. The van der Waals surface area contributed by atoms with E-state index >= 15 is 4.39 Å². The first-order valence-electron chi connectivity index (χ1n) is 12.0. The van der Waals surface area contributed by atoms with Crippen molar-refractivity contribution < 1.29 is 35.9 Å². The number of aryl methyl sites for hydroxylation is 1. The van der Waals surface area contributed by atoms with Gasteiger partial charge >= 0.3 is 6.18 Å². The average Bonchev–Trinajstić information content (AvgIpc) is 3.45. The van der Waals surface area contributed by atoms with E-state index in [1.807, 2.05) is 0 Å². The van der Waals surface area contributed by atoms with Crippen molar-refractivity contribution >= 4 is 34.7 Å². The highest BCUT2D eigenvalue weighted by Gasteiger charge is 2.39. The van der Waals surface area contributed by atoms with E-state index in [1.54, 1.807) is 0 Å². The van der Waals surface area contributed by atoms with Gasteiger partial charge in [-0.2, -0.15) is 18.3 Å². The Kier molecular flexibility index (Phi) is 7.05. The summed E-state index contributed by atoms with van der Waals surface area (Å²) in [5, 5.41) is 6.09. The number of fused-ring (bicyclic) bond motifs is 1. The van der Waals surface area contributed by atoms with E-state index in [9.17, 15) is 31.5 Å². The molecule has 15 heteroatoms. The van der Waals surface area contributed by atoms with Gasteiger partial charge in [-0.3, -0.25) is 9.59 Å². The topological polar surface area (TPSA) is 106 Å². The van der Waals surface area contributed by atoms with Crippen LogP contribution in [0.25, 0.3) is 16.8 Å². The number of nitrogen functional groups attached to an aromatic ring is 1. The SMILES string of the molecule is Cc1cc(F)c(-c2cc(C(F)(F)F)c3c(N)ncnn23)cc1C(=O)N[C@@H]1CN(C(=O)c2ccc(F)cc2Cl)C[C@@H]1F. The standard InChI is InChI=1S/C26H19ClF6N6O2/c1-11-4-18(29)15(21-7-16(26(31,32)33)22-23(34)35-10-36-39(21)22)6-14(11)24(40)37-20-9-38(8-19(20)30)25(41)13-3-2-12(28)5-17(13)27/h2-7,10,19-20H,8-9H2,1H3,(H,37,40)(H2,34,35,36)/t19-,20+/m0/s1. The predicted molar refractivity (Wildman–Crippen MR) is 136 cm³/mol. The quantitative estimate of drug-likeness (QED) is 0.328. The van der Waals surface area contributed by atoms with Crippen molar-refractivity contribution in [3.8, 4) is 11.3 Å². The van der Waals surface area contributed by atoms with Crippen LogP contribution in [0.1, 0.15) is 31.8 Å². The Morgan fingerprint density at radius 2 is 1.83 bits per heavy atom. The number of aromatic nitrogens is 3. The van der Waals surface area contributed by atoms with Gasteiger partial charge in [-0.25, -0.2) is 22.7 Å². The van der Waals surface area contributed by atoms with E-state index in [1.165, 1.54) is 6.92 Å². The van der Waals surface area contributed by atoms with Crippen molar-refractivity contribution in [3.05, 3.63) is 81.6 Å². The van der Waals surface area contributed by atoms with Gasteiger partial charge in [-0.05, 0) is 48.9 Å². The lowest BCUT2D eigenvalue weighted by molar-refractivity contribution is -0.136. The summed E-state index contributed by atoms with van der Waals surface area (Å²) >= 11 is 5.95. The monoisotopic (exact) mass is 596 g/mol. The molecule has 3 N–H and O–H groups in total. The Balaban J connectivity index is 1.44. The molecule has 1 fully saturated rings. The molecule has 3 heterocycles. The highest BCUT2D eigenvalue weighted by molar-refractivity contribution is 6.33. The first-order valence-corrected chi connectivity index (χ1v) is 12.3. The van der Waals surface area contributed by atoms with Crippen LogP contribution >= 0.6 is 11.6 Å². The molecule has 2 atom stereocenters. The van der Waals surface area contributed by atoms with E-state index in [-0.39, 0.29) is 40.5 Å². The minimum absolute atomic E-state index is 0.0478. The molecular formula is C26H19ClF6N6O2. The molecule has 8 nitrogen and oxygen atoms in total. The number of hydrogen-bond acceptors (Lipinski definition) is 5. The Labute approximate surface area is 232 Å². The smallest absolute Gasteiger partial charge is 0.382 e. The molecule has 0 bridgehead atoms. The van der Waals surface area contributed by atoms with Crippen molar-refractivity contribution in [2.75, 3.05) is 18.8 Å². The lowest BCUT2D eigenvalue weighted by Gasteiger charge is -2.18. The Hall–Kier alpha value is -4.33. The number of hydrogen-bond donors (Lipinski definition) is 2. The highest BCUT2D eigenvalue weighted by atomic mass is 35.5. The first kappa shape index (κ1) is 28.2. The molecule has 0 saturated carbocycles. The number of rotatable bonds is 4. The number of nitrogens with zero attached hydrogens (tertiary/aromatic N) is 4. The number of benzene rings is 2. The van der Waals surface area contributed by atoms with Crippen LogP contribution in [0.5, 0.6) is 0 Å². The molecule has 0 radical (unpaired) electrons.